The van der Waals surface area contributed by atoms with Gasteiger partial charge in [0.05, 0.1) is 25.6 Å². The quantitative estimate of drug-likeness (QED) is 0.714. The van der Waals surface area contributed by atoms with E-state index in [9.17, 15) is 9.90 Å². The molecule has 0 aliphatic carbocycles. The summed E-state index contributed by atoms with van der Waals surface area (Å²) in [6, 6.07) is 17.4. The lowest BCUT2D eigenvalue weighted by atomic mass is 9.95. The highest BCUT2D eigenvalue weighted by Crippen LogP contribution is 2.28. The molecule has 5 heteroatoms. The van der Waals surface area contributed by atoms with E-state index in [2.05, 4.69) is 0 Å². The molecule has 0 fully saturated rings. The first-order chi connectivity index (χ1) is 12.4. The minimum atomic E-state index is -1.65. The van der Waals surface area contributed by atoms with Crippen LogP contribution in [0.1, 0.15) is 12.6 Å². The Morgan fingerprint density at radius 3 is 2.46 bits per heavy atom. The average Bonchev–Trinajstić information content (AvgIpc) is 2.67. The highest BCUT2D eigenvalue weighted by molar-refractivity contribution is 5.89. The van der Waals surface area contributed by atoms with Crippen LogP contribution in [0, 0.1) is 0 Å². The Balaban J connectivity index is 2.10. The normalized spacial score (nSPS) is 13.2. The number of aromatic nitrogens is 1. The van der Waals surface area contributed by atoms with Gasteiger partial charge in [0.15, 0.2) is 5.60 Å². The van der Waals surface area contributed by atoms with E-state index in [1.165, 1.54) is 14.0 Å². The summed E-state index contributed by atoms with van der Waals surface area (Å²) in [6.45, 7) is 1.44. The number of pyridine rings is 1. The van der Waals surface area contributed by atoms with Crippen molar-refractivity contribution in [3.8, 4) is 17.0 Å². The van der Waals surface area contributed by atoms with Crippen molar-refractivity contribution in [1.29, 1.82) is 0 Å². The lowest BCUT2D eigenvalue weighted by molar-refractivity contribution is -0.160. The molecule has 1 aromatic heterocycles. The molecule has 1 atom stereocenters. The third kappa shape index (κ3) is 3.53. The van der Waals surface area contributed by atoms with Gasteiger partial charge >= 0.3 is 5.97 Å². The molecule has 1 N–H and O–H groups in total. The van der Waals surface area contributed by atoms with Gasteiger partial charge in [-0.25, -0.2) is 4.79 Å². The molecule has 5 nitrogen and oxygen atoms in total. The maximum atomic E-state index is 11.9. The first-order valence-corrected chi connectivity index (χ1v) is 8.28. The fourth-order valence-corrected chi connectivity index (χ4v) is 2.93. The molecular formula is C21H21NO4. The van der Waals surface area contributed by atoms with Crippen LogP contribution in [0.15, 0.2) is 54.6 Å². The second-order valence-corrected chi connectivity index (χ2v) is 6.35. The Morgan fingerprint density at radius 1 is 1.12 bits per heavy atom. The van der Waals surface area contributed by atoms with Crippen molar-refractivity contribution in [3.63, 3.8) is 0 Å². The molecular weight excluding hydrogens is 330 g/mol. The number of carbonyl (C=O) groups is 1. The number of hydrogen-bond donors (Lipinski definition) is 1. The molecule has 0 spiro atoms. The second kappa shape index (κ2) is 7.14. The molecule has 1 heterocycles. The van der Waals surface area contributed by atoms with Gasteiger partial charge in [0.2, 0.25) is 0 Å². The van der Waals surface area contributed by atoms with E-state index in [-0.39, 0.29) is 6.42 Å². The first-order valence-electron chi connectivity index (χ1n) is 8.28. The number of nitrogens with zero attached hydrogens (tertiary/aromatic N) is 1. The third-order valence-corrected chi connectivity index (χ3v) is 4.34. The number of benzene rings is 2. The Bertz CT molecular complexity index is 932. The summed E-state index contributed by atoms with van der Waals surface area (Å²) >= 11 is 0. The zero-order valence-corrected chi connectivity index (χ0v) is 15.0. The molecule has 26 heavy (non-hydrogen) atoms. The molecule has 1 unspecified atom stereocenters. The molecule has 3 aromatic rings. The fourth-order valence-electron chi connectivity index (χ4n) is 2.93. The van der Waals surface area contributed by atoms with Crippen LogP contribution in [-0.2, 0) is 16.0 Å². The lowest BCUT2D eigenvalue weighted by Gasteiger charge is -2.21. The summed E-state index contributed by atoms with van der Waals surface area (Å²) in [5.74, 6) is 0.0848. The minimum Gasteiger partial charge on any atom is -0.497 e. The number of esters is 1. The fraction of sp³-hybridized carbons (Fsp3) is 0.238. The standard InChI is InChI=1S/C21H21NO4/c1-21(24,20(23)26-3)13-19-17-7-5-4-6-15(17)12-18(22-19)14-8-10-16(25-2)11-9-14/h4-12,24H,13H2,1-3H3. The van der Waals surface area contributed by atoms with E-state index in [1.54, 1.807) is 7.11 Å². The van der Waals surface area contributed by atoms with Gasteiger partial charge in [0.25, 0.3) is 0 Å². The zero-order chi connectivity index (χ0) is 18.7. The molecule has 0 aliphatic rings. The van der Waals surface area contributed by atoms with Gasteiger partial charge < -0.3 is 14.6 Å². The van der Waals surface area contributed by atoms with Gasteiger partial charge in [0, 0.05) is 17.4 Å². The molecule has 0 amide bonds. The Kier molecular flexibility index (Phi) is 4.91. The van der Waals surface area contributed by atoms with Crippen molar-refractivity contribution >= 4 is 16.7 Å². The van der Waals surface area contributed by atoms with E-state index in [0.29, 0.717) is 5.69 Å². The van der Waals surface area contributed by atoms with Gasteiger partial charge in [-0.1, -0.05) is 24.3 Å². The van der Waals surface area contributed by atoms with Crippen LogP contribution in [-0.4, -0.2) is 35.9 Å². The summed E-state index contributed by atoms with van der Waals surface area (Å²) in [5.41, 5.74) is 0.685. The van der Waals surface area contributed by atoms with E-state index >= 15 is 0 Å². The van der Waals surface area contributed by atoms with E-state index < -0.39 is 11.6 Å². The average molecular weight is 351 g/mol. The van der Waals surface area contributed by atoms with Gasteiger partial charge in [-0.2, -0.15) is 0 Å². The Labute approximate surface area is 152 Å². The lowest BCUT2D eigenvalue weighted by Crippen LogP contribution is -2.38. The predicted octanol–water partition coefficient (Wildman–Crippen LogP) is 3.38. The SMILES string of the molecule is COC(=O)C(C)(O)Cc1nc(-c2ccc(OC)cc2)cc2ccccc12. The molecule has 134 valence electrons. The molecule has 0 bridgehead atoms. The number of carbonyl (C=O) groups excluding carboxylic acids is 1. The Hall–Kier alpha value is -2.92. The number of hydrogen-bond acceptors (Lipinski definition) is 5. The molecule has 0 aliphatic heterocycles. The van der Waals surface area contributed by atoms with Gasteiger partial charge in [-0.15, -0.1) is 0 Å². The Morgan fingerprint density at radius 2 is 1.81 bits per heavy atom. The van der Waals surface area contributed by atoms with Crippen molar-refractivity contribution in [1.82, 2.24) is 4.98 Å². The number of methoxy groups -OCH3 is 2. The topological polar surface area (TPSA) is 68.7 Å². The van der Waals surface area contributed by atoms with E-state index in [4.69, 9.17) is 14.5 Å². The second-order valence-electron chi connectivity index (χ2n) is 6.35. The molecule has 0 saturated carbocycles. The number of fused-ring (bicyclic) bond motifs is 1. The molecule has 3 rings (SSSR count). The van der Waals surface area contributed by atoms with Crippen LogP contribution in [0.3, 0.4) is 0 Å². The van der Waals surface area contributed by atoms with Gasteiger partial charge in [-0.3, -0.25) is 4.98 Å². The molecule has 0 saturated heterocycles. The van der Waals surface area contributed by atoms with Crippen molar-refractivity contribution in [2.75, 3.05) is 14.2 Å². The number of ether oxygens (including phenoxy) is 2. The monoisotopic (exact) mass is 351 g/mol. The van der Waals surface area contributed by atoms with Gasteiger partial charge in [-0.05, 0) is 42.6 Å². The van der Waals surface area contributed by atoms with Crippen molar-refractivity contribution in [3.05, 3.63) is 60.3 Å². The summed E-state index contributed by atoms with van der Waals surface area (Å²) in [6.07, 6.45) is 0.0597. The van der Waals surface area contributed by atoms with Crippen LogP contribution >= 0.6 is 0 Å². The maximum absolute atomic E-state index is 11.9. The maximum Gasteiger partial charge on any atom is 0.337 e. The molecule has 2 aromatic carbocycles. The summed E-state index contributed by atoms with van der Waals surface area (Å²) in [5, 5.41) is 12.4. The number of rotatable bonds is 5. The largest absolute Gasteiger partial charge is 0.497 e. The van der Waals surface area contributed by atoms with E-state index in [1.807, 2.05) is 54.6 Å². The van der Waals surface area contributed by atoms with Gasteiger partial charge in [0.1, 0.15) is 5.75 Å². The summed E-state index contributed by atoms with van der Waals surface area (Å²) in [4.78, 5) is 16.6. The van der Waals surface area contributed by atoms with Crippen LogP contribution in [0.2, 0.25) is 0 Å². The first kappa shape index (κ1) is 17.9. The third-order valence-electron chi connectivity index (χ3n) is 4.34. The zero-order valence-electron chi connectivity index (χ0n) is 15.0. The van der Waals surface area contributed by atoms with Crippen LogP contribution in [0.25, 0.3) is 22.0 Å². The van der Waals surface area contributed by atoms with E-state index in [0.717, 1.165) is 27.8 Å². The number of aliphatic hydroxyl groups is 1. The minimum absolute atomic E-state index is 0.0597. The van der Waals surface area contributed by atoms with Crippen LogP contribution in [0.5, 0.6) is 5.75 Å². The van der Waals surface area contributed by atoms with Crippen molar-refractivity contribution in [2.45, 2.75) is 18.9 Å². The summed E-state index contributed by atoms with van der Waals surface area (Å²) < 4.78 is 9.91. The smallest absolute Gasteiger partial charge is 0.337 e. The van der Waals surface area contributed by atoms with Crippen LogP contribution < -0.4 is 4.74 Å². The highest BCUT2D eigenvalue weighted by atomic mass is 16.5. The molecule has 0 radical (unpaired) electrons. The van der Waals surface area contributed by atoms with Crippen molar-refractivity contribution < 1.29 is 19.4 Å². The van der Waals surface area contributed by atoms with Crippen LogP contribution in [0.4, 0.5) is 0 Å². The predicted molar refractivity (Wildman–Crippen MR) is 100 cm³/mol. The summed E-state index contributed by atoms with van der Waals surface area (Å²) in [7, 11) is 2.88. The highest BCUT2D eigenvalue weighted by Gasteiger charge is 2.33. The van der Waals surface area contributed by atoms with Crippen molar-refractivity contribution in [2.24, 2.45) is 0 Å².